The average Bonchev–Trinajstić information content (AvgIpc) is 2.72. The summed E-state index contributed by atoms with van der Waals surface area (Å²) in [4.78, 5) is 18.5. The van der Waals surface area contributed by atoms with E-state index < -0.39 is 0 Å². The molecule has 0 amide bonds. The van der Waals surface area contributed by atoms with E-state index in [1.807, 2.05) is 26.0 Å². The molecule has 0 unspecified atom stereocenters. The van der Waals surface area contributed by atoms with Crippen molar-refractivity contribution in [2.45, 2.75) is 72.6 Å². The first-order valence-electron chi connectivity index (χ1n) is 11.0. The van der Waals surface area contributed by atoms with Gasteiger partial charge in [-0.1, -0.05) is 47.0 Å². The predicted molar refractivity (Wildman–Crippen MR) is 116 cm³/mol. The third-order valence-corrected chi connectivity index (χ3v) is 4.67. The molecule has 2 rings (SSSR count). The average molecular weight is 394 g/mol. The number of ether oxygens (including phenoxy) is 2. The van der Waals surface area contributed by atoms with E-state index in [4.69, 9.17) is 15.2 Å². The summed E-state index contributed by atoms with van der Waals surface area (Å²) in [5, 5.41) is 0. The number of nitrogen functional groups attached to an aromatic ring is 1. The van der Waals surface area contributed by atoms with Crippen LogP contribution in [0.1, 0.15) is 72.6 Å². The first-order chi connectivity index (χ1) is 13.6. The Balaban J connectivity index is 0.00000190. The molecular weight excluding hydrogens is 354 g/mol. The second-order valence-corrected chi connectivity index (χ2v) is 6.93. The Morgan fingerprint density at radius 3 is 2.36 bits per heavy atom. The summed E-state index contributed by atoms with van der Waals surface area (Å²) < 4.78 is 11.0. The number of nitrogens with two attached hydrogens (primary N) is 1. The number of nitrogens with zero attached hydrogens (tertiary/aromatic N) is 2. The molecule has 0 bridgehead atoms. The molecule has 0 atom stereocenters. The number of carbonyl (C=O) groups is 1. The zero-order valence-electron chi connectivity index (χ0n) is 18.2. The van der Waals surface area contributed by atoms with Crippen molar-refractivity contribution in [3.05, 3.63) is 12.1 Å². The van der Waals surface area contributed by atoms with Crippen LogP contribution in [-0.4, -0.2) is 37.3 Å². The van der Waals surface area contributed by atoms with Gasteiger partial charge in [0.2, 0.25) is 5.88 Å². The fourth-order valence-corrected chi connectivity index (χ4v) is 3.42. The van der Waals surface area contributed by atoms with Gasteiger partial charge in [0.25, 0.3) is 0 Å². The lowest BCUT2D eigenvalue weighted by Crippen LogP contribution is -2.25. The number of anilines is 2. The van der Waals surface area contributed by atoms with E-state index in [1.54, 1.807) is 0 Å². The van der Waals surface area contributed by atoms with Gasteiger partial charge in [-0.3, -0.25) is 4.79 Å². The Kier molecular flexibility index (Phi) is 12.1. The lowest BCUT2D eigenvalue weighted by Gasteiger charge is -2.24. The minimum absolute atomic E-state index is 0.0671. The Hall–Kier alpha value is -1.98. The Morgan fingerprint density at radius 2 is 1.75 bits per heavy atom. The molecule has 0 spiro atoms. The van der Waals surface area contributed by atoms with Crippen molar-refractivity contribution in [2.24, 2.45) is 5.92 Å². The molecule has 6 heteroatoms. The van der Waals surface area contributed by atoms with Crippen LogP contribution in [0.2, 0.25) is 0 Å². The Labute approximate surface area is 170 Å². The molecule has 0 radical (unpaired) electrons. The van der Waals surface area contributed by atoms with Crippen molar-refractivity contribution in [3.8, 4) is 5.88 Å². The highest BCUT2D eigenvalue weighted by Crippen LogP contribution is 2.25. The highest BCUT2D eigenvalue weighted by molar-refractivity contribution is 5.72. The van der Waals surface area contributed by atoms with Gasteiger partial charge < -0.3 is 20.1 Å². The molecular formula is C22H39N3O3. The zero-order chi connectivity index (χ0) is 20.8. The third kappa shape index (κ3) is 8.36. The second-order valence-electron chi connectivity index (χ2n) is 6.93. The fraction of sp³-hybridized carbons (Fsp3) is 0.727. The SMILES string of the molecule is CC.CCCN(CCC)c1cc(N)nc(OCCOC(=O)C2CCCCC2)c1. The third-order valence-electron chi connectivity index (χ3n) is 4.67. The molecule has 1 fully saturated rings. The van der Waals surface area contributed by atoms with E-state index in [-0.39, 0.29) is 25.1 Å². The first kappa shape index (κ1) is 24.1. The van der Waals surface area contributed by atoms with Gasteiger partial charge in [0.05, 0.1) is 5.92 Å². The van der Waals surface area contributed by atoms with Gasteiger partial charge in [-0.05, 0) is 25.7 Å². The predicted octanol–water partition coefficient (Wildman–Crippen LogP) is 4.82. The number of carbonyl (C=O) groups excluding carboxylic acids is 1. The van der Waals surface area contributed by atoms with Crippen molar-refractivity contribution in [3.63, 3.8) is 0 Å². The number of esters is 1. The van der Waals surface area contributed by atoms with Crippen molar-refractivity contribution in [1.29, 1.82) is 0 Å². The summed E-state index contributed by atoms with van der Waals surface area (Å²) >= 11 is 0. The minimum Gasteiger partial charge on any atom is -0.474 e. The van der Waals surface area contributed by atoms with E-state index >= 15 is 0 Å². The minimum atomic E-state index is -0.0911. The van der Waals surface area contributed by atoms with Crippen molar-refractivity contribution >= 4 is 17.5 Å². The summed E-state index contributed by atoms with van der Waals surface area (Å²) in [5.74, 6) is 0.893. The topological polar surface area (TPSA) is 77.7 Å². The number of pyridine rings is 1. The van der Waals surface area contributed by atoms with Crippen LogP contribution in [0.5, 0.6) is 5.88 Å². The largest absolute Gasteiger partial charge is 0.474 e. The molecule has 1 heterocycles. The summed E-state index contributed by atoms with van der Waals surface area (Å²) in [6, 6.07) is 3.78. The van der Waals surface area contributed by atoms with Crippen LogP contribution >= 0.6 is 0 Å². The lowest BCUT2D eigenvalue weighted by atomic mass is 9.89. The zero-order valence-corrected chi connectivity index (χ0v) is 18.2. The molecule has 1 aromatic rings. The molecule has 0 aromatic carbocycles. The molecule has 0 aliphatic heterocycles. The summed E-state index contributed by atoms with van der Waals surface area (Å²) in [7, 11) is 0. The van der Waals surface area contributed by atoms with Gasteiger partial charge in [0, 0.05) is 30.9 Å². The summed E-state index contributed by atoms with van der Waals surface area (Å²) in [6.45, 7) is 10.8. The number of aromatic nitrogens is 1. The smallest absolute Gasteiger partial charge is 0.309 e. The fourth-order valence-electron chi connectivity index (χ4n) is 3.42. The maximum absolute atomic E-state index is 12.0. The van der Waals surface area contributed by atoms with E-state index in [9.17, 15) is 4.79 Å². The lowest BCUT2D eigenvalue weighted by molar-refractivity contribution is -0.150. The Bertz CT molecular complexity index is 554. The van der Waals surface area contributed by atoms with Gasteiger partial charge in [0.1, 0.15) is 19.0 Å². The van der Waals surface area contributed by atoms with Crippen LogP contribution in [0.3, 0.4) is 0 Å². The van der Waals surface area contributed by atoms with Crippen LogP contribution in [0.4, 0.5) is 11.5 Å². The molecule has 1 saturated carbocycles. The summed E-state index contributed by atoms with van der Waals surface area (Å²) in [6.07, 6.45) is 7.50. The van der Waals surface area contributed by atoms with Crippen LogP contribution in [0.15, 0.2) is 12.1 Å². The van der Waals surface area contributed by atoms with Crippen LogP contribution in [-0.2, 0) is 9.53 Å². The standard InChI is InChI=1S/C20H33N3O3.C2H6/c1-3-10-23(11-4-2)17-14-18(21)22-19(15-17)25-12-13-26-20(24)16-8-6-5-7-9-16;1-2/h14-16H,3-13H2,1-2H3,(H2,21,22);1-2H3. The van der Waals surface area contributed by atoms with Crippen molar-refractivity contribution in [1.82, 2.24) is 4.98 Å². The van der Waals surface area contributed by atoms with Crippen LogP contribution in [0.25, 0.3) is 0 Å². The van der Waals surface area contributed by atoms with Gasteiger partial charge >= 0.3 is 5.97 Å². The monoisotopic (exact) mass is 393 g/mol. The number of rotatable bonds is 10. The molecule has 1 aliphatic carbocycles. The molecule has 160 valence electrons. The molecule has 6 nitrogen and oxygen atoms in total. The quantitative estimate of drug-likeness (QED) is 0.454. The van der Waals surface area contributed by atoms with Gasteiger partial charge in [-0.2, -0.15) is 4.98 Å². The second kappa shape index (κ2) is 14.1. The van der Waals surface area contributed by atoms with E-state index in [0.717, 1.165) is 57.3 Å². The van der Waals surface area contributed by atoms with Crippen molar-refractivity contribution < 1.29 is 14.3 Å². The number of hydrogen-bond acceptors (Lipinski definition) is 6. The Morgan fingerprint density at radius 1 is 1.11 bits per heavy atom. The maximum Gasteiger partial charge on any atom is 0.309 e. The first-order valence-corrected chi connectivity index (χ1v) is 11.0. The van der Waals surface area contributed by atoms with Crippen molar-refractivity contribution in [2.75, 3.05) is 36.9 Å². The van der Waals surface area contributed by atoms with Gasteiger partial charge in [-0.25, -0.2) is 0 Å². The molecule has 1 aromatic heterocycles. The summed E-state index contributed by atoms with van der Waals surface area (Å²) in [5.41, 5.74) is 6.96. The molecule has 2 N–H and O–H groups in total. The van der Waals surface area contributed by atoms with Crippen LogP contribution in [0, 0.1) is 5.92 Å². The highest BCUT2D eigenvalue weighted by Gasteiger charge is 2.22. The van der Waals surface area contributed by atoms with E-state index in [1.165, 1.54) is 6.42 Å². The van der Waals surface area contributed by atoms with E-state index in [0.29, 0.717) is 11.7 Å². The normalized spacial score (nSPS) is 14.0. The molecule has 28 heavy (non-hydrogen) atoms. The maximum atomic E-state index is 12.0. The van der Waals surface area contributed by atoms with Gasteiger partial charge in [0.15, 0.2) is 0 Å². The molecule has 0 saturated heterocycles. The van der Waals surface area contributed by atoms with Crippen LogP contribution < -0.4 is 15.4 Å². The molecule has 1 aliphatic rings. The highest BCUT2D eigenvalue weighted by atomic mass is 16.6. The van der Waals surface area contributed by atoms with E-state index in [2.05, 4.69) is 23.7 Å². The van der Waals surface area contributed by atoms with Gasteiger partial charge in [-0.15, -0.1) is 0 Å². The number of hydrogen-bond donors (Lipinski definition) is 1.